The quantitative estimate of drug-likeness (QED) is 0.398. The number of nitrogens with one attached hydrogen (secondary N) is 1. The number of hydrogen-bond acceptors (Lipinski definition) is 3. The Kier molecular flexibility index (Phi) is 7.24. The maximum Gasteiger partial charge on any atom is 0.115 e. The van der Waals surface area contributed by atoms with E-state index in [0.29, 0.717) is 23.0 Å². The van der Waals surface area contributed by atoms with E-state index >= 15 is 0 Å². The highest BCUT2D eigenvalue weighted by Crippen LogP contribution is 2.47. The lowest BCUT2D eigenvalue weighted by Crippen LogP contribution is -2.33. The number of benzene rings is 3. The second-order valence-corrected chi connectivity index (χ2v) is 11.8. The van der Waals surface area contributed by atoms with E-state index in [1.807, 2.05) is 12.1 Å². The van der Waals surface area contributed by atoms with Crippen molar-refractivity contribution in [1.82, 2.24) is 5.32 Å². The fraction of sp³-hybridized carbons (Fsp3) is 0.471. The second-order valence-electron chi connectivity index (χ2n) is 11.8. The van der Waals surface area contributed by atoms with Gasteiger partial charge < -0.3 is 15.3 Å². The Morgan fingerprint density at radius 1 is 0.757 bits per heavy atom. The minimum atomic E-state index is 0.317. The van der Waals surface area contributed by atoms with E-state index in [1.54, 1.807) is 0 Å². The van der Waals surface area contributed by atoms with Gasteiger partial charge in [-0.05, 0) is 129 Å². The fourth-order valence-corrected chi connectivity index (χ4v) is 7.65. The SMILES string of the molecule is Oc1ccc2c(c1)CC[C@H](c1ccccc1)[C@@H]2c1ccc(N2CCCC3(CCCNCC3)CCC2)cc1. The molecule has 3 aliphatic rings. The van der Waals surface area contributed by atoms with Crippen LogP contribution in [0.25, 0.3) is 0 Å². The molecule has 6 rings (SSSR count). The van der Waals surface area contributed by atoms with Gasteiger partial charge in [0.05, 0.1) is 0 Å². The lowest BCUT2D eigenvalue weighted by molar-refractivity contribution is 0.193. The van der Waals surface area contributed by atoms with E-state index in [-0.39, 0.29) is 0 Å². The van der Waals surface area contributed by atoms with Crippen LogP contribution in [0, 0.1) is 5.41 Å². The molecular formula is C34H42N2O. The summed E-state index contributed by atoms with van der Waals surface area (Å²) < 4.78 is 0. The van der Waals surface area contributed by atoms with Crippen LogP contribution < -0.4 is 10.2 Å². The van der Waals surface area contributed by atoms with Crippen molar-refractivity contribution < 1.29 is 5.11 Å². The maximum atomic E-state index is 10.1. The molecule has 2 heterocycles. The van der Waals surface area contributed by atoms with E-state index < -0.39 is 0 Å². The first-order valence-electron chi connectivity index (χ1n) is 14.6. The Labute approximate surface area is 222 Å². The molecule has 0 aromatic heterocycles. The van der Waals surface area contributed by atoms with Crippen molar-refractivity contribution in [3.05, 3.63) is 95.1 Å². The van der Waals surface area contributed by atoms with Crippen molar-refractivity contribution in [3.63, 3.8) is 0 Å². The Balaban J connectivity index is 1.22. The van der Waals surface area contributed by atoms with Gasteiger partial charge in [-0.1, -0.05) is 48.5 Å². The van der Waals surface area contributed by atoms with Crippen LogP contribution in [0.4, 0.5) is 5.69 Å². The van der Waals surface area contributed by atoms with E-state index in [2.05, 4.69) is 70.9 Å². The standard InChI is InChI=1S/C34H42N2O/c37-30-14-16-32-28(25-30)11-15-31(26-7-2-1-3-8-26)33(32)27-9-12-29(13-10-27)36-23-5-18-34(19-6-24-36)17-4-21-35-22-20-34/h1-3,7-10,12-14,16,25,31,33,35,37H,4-6,11,15,17-24H2/t31-,33+/m1/s1. The van der Waals surface area contributed by atoms with Gasteiger partial charge in [0.25, 0.3) is 0 Å². The third-order valence-electron chi connectivity index (χ3n) is 9.60. The van der Waals surface area contributed by atoms with Crippen molar-refractivity contribution in [2.75, 3.05) is 31.1 Å². The summed E-state index contributed by atoms with van der Waals surface area (Å²) in [5.74, 6) is 1.15. The van der Waals surface area contributed by atoms with Crippen molar-refractivity contribution >= 4 is 5.69 Å². The van der Waals surface area contributed by atoms with Crippen LogP contribution in [0.3, 0.4) is 0 Å². The molecule has 2 fully saturated rings. The molecule has 0 saturated carbocycles. The number of anilines is 1. The van der Waals surface area contributed by atoms with Crippen LogP contribution in [0.5, 0.6) is 5.75 Å². The Morgan fingerprint density at radius 3 is 2.30 bits per heavy atom. The highest BCUT2D eigenvalue weighted by atomic mass is 16.3. The molecule has 0 amide bonds. The van der Waals surface area contributed by atoms with Gasteiger partial charge >= 0.3 is 0 Å². The maximum absolute atomic E-state index is 10.1. The van der Waals surface area contributed by atoms with Crippen molar-refractivity contribution in [2.24, 2.45) is 5.41 Å². The predicted octanol–water partition coefficient (Wildman–Crippen LogP) is 7.39. The normalized spacial score (nSPS) is 24.1. The van der Waals surface area contributed by atoms with Crippen LogP contribution in [-0.2, 0) is 6.42 Å². The van der Waals surface area contributed by atoms with Crippen LogP contribution in [0.1, 0.15) is 85.5 Å². The second kappa shape index (κ2) is 10.9. The van der Waals surface area contributed by atoms with Gasteiger partial charge in [-0.2, -0.15) is 0 Å². The summed E-state index contributed by atoms with van der Waals surface area (Å²) in [7, 11) is 0. The molecule has 3 heteroatoms. The van der Waals surface area contributed by atoms with Crippen LogP contribution >= 0.6 is 0 Å². The smallest absolute Gasteiger partial charge is 0.115 e. The molecule has 0 unspecified atom stereocenters. The highest BCUT2D eigenvalue weighted by Gasteiger charge is 2.33. The van der Waals surface area contributed by atoms with Gasteiger partial charge in [-0.15, -0.1) is 0 Å². The average Bonchev–Trinajstić information content (AvgIpc) is 3.17. The lowest BCUT2D eigenvalue weighted by atomic mass is 9.69. The topological polar surface area (TPSA) is 35.5 Å². The zero-order valence-electron chi connectivity index (χ0n) is 22.2. The van der Waals surface area contributed by atoms with Crippen molar-refractivity contribution in [2.45, 2.75) is 69.6 Å². The third kappa shape index (κ3) is 5.29. The predicted molar refractivity (Wildman–Crippen MR) is 154 cm³/mol. The van der Waals surface area contributed by atoms with Gasteiger partial charge in [0.15, 0.2) is 0 Å². The first-order valence-corrected chi connectivity index (χ1v) is 14.6. The first-order chi connectivity index (χ1) is 18.2. The summed E-state index contributed by atoms with van der Waals surface area (Å²) in [5, 5.41) is 13.8. The Hall–Kier alpha value is -2.78. The van der Waals surface area contributed by atoms with Crippen LogP contribution in [0.2, 0.25) is 0 Å². The van der Waals surface area contributed by atoms with Gasteiger partial charge in [0.2, 0.25) is 0 Å². The monoisotopic (exact) mass is 494 g/mol. The van der Waals surface area contributed by atoms with Crippen molar-refractivity contribution in [3.8, 4) is 5.75 Å². The van der Waals surface area contributed by atoms with Crippen LogP contribution in [-0.4, -0.2) is 31.3 Å². The summed E-state index contributed by atoms with van der Waals surface area (Å²) in [4.78, 5) is 2.63. The number of nitrogens with zero attached hydrogens (tertiary/aromatic N) is 1. The molecule has 2 aliphatic heterocycles. The molecule has 1 aliphatic carbocycles. The van der Waals surface area contributed by atoms with Gasteiger partial charge in [0.1, 0.15) is 5.75 Å². The van der Waals surface area contributed by atoms with Gasteiger partial charge in [0, 0.05) is 24.7 Å². The molecule has 1 spiro atoms. The molecule has 194 valence electrons. The number of fused-ring (bicyclic) bond motifs is 1. The molecule has 3 nitrogen and oxygen atoms in total. The molecule has 0 bridgehead atoms. The fourth-order valence-electron chi connectivity index (χ4n) is 7.65. The van der Waals surface area contributed by atoms with Gasteiger partial charge in [-0.3, -0.25) is 0 Å². The summed E-state index contributed by atoms with van der Waals surface area (Å²) in [6.07, 6.45) is 11.6. The minimum Gasteiger partial charge on any atom is -0.508 e. The average molecular weight is 495 g/mol. The van der Waals surface area contributed by atoms with E-state index in [4.69, 9.17) is 0 Å². The minimum absolute atomic E-state index is 0.317. The molecule has 3 aromatic rings. The van der Waals surface area contributed by atoms with Gasteiger partial charge in [-0.25, -0.2) is 0 Å². The Bertz CT molecular complexity index is 1150. The number of aryl methyl sites for hydroxylation is 1. The molecule has 2 atom stereocenters. The summed E-state index contributed by atoms with van der Waals surface area (Å²) in [6, 6.07) is 26.5. The number of phenols is 1. The van der Waals surface area contributed by atoms with E-state index in [1.165, 1.54) is 99.1 Å². The number of rotatable bonds is 3. The third-order valence-corrected chi connectivity index (χ3v) is 9.60. The molecule has 0 radical (unpaired) electrons. The lowest BCUT2D eigenvalue weighted by Gasteiger charge is -2.38. The largest absolute Gasteiger partial charge is 0.508 e. The number of phenolic OH excluding ortho intramolecular Hbond substituents is 1. The molecule has 37 heavy (non-hydrogen) atoms. The van der Waals surface area contributed by atoms with E-state index in [0.717, 1.165) is 12.8 Å². The van der Waals surface area contributed by atoms with Crippen LogP contribution in [0.15, 0.2) is 72.8 Å². The number of aromatic hydroxyl groups is 1. The Morgan fingerprint density at radius 2 is 1.51 bits per heavy atom. The number of hydrogen-bond donors (Lipinski definition) is 2. The summed E-state index contributed by atoms with van der Waals surface area (Å²) >= 11 is 0. The zero-order valence-corrected chi connectivity index (χ0v) is 22.2. The molecular weight excluding hydrogens is 452 g/mol. The zero-order chi connectivity index (χ0) is 25.1. The highest BCUT2D eigenvalue weighted by molar-refractivity contribution is 5.52. The molecule has 2 saturated heterocycles. The molecule has 2 N–H and O–H groups in total. The molecule has 3 aromatic carbocycles. The summed E-state index contributed by atoms with van der Waals surface area (Å²) in [6.45, 7) is 4.76. The first kappa shape index (κ1) is 24.6. The van der Waals surface area contributed by atoms with E-state index in [9.17, 15) is 5.11 Å². The van der Waals surface area contributed by atoms with Crippen molar-refractivity contribution in [1.29, 1.82) is 0 Å². The summed E-state index contributed by atoms with van der Waals surface area (Å²) in [5.41, 5.74) is 7.45.